The third kappa shape index (κ3) is 3.39. The van der Waals surface area contributed by atoms with Gasteiger partial charge in [0, 0.05) is 23.7 Å². The highest BCUT2D eigenvalue weighted by Gasteiger charge is 2.19. The molecule has 0 saturated heterocycles. The van der Waals surface area contributed by atoms with Crippen molar-refractivity contribution in [2.75, 3.05) is 7.11 Å². The molecule has 2 rings (SSSR count). The maximum atomic E-state index is 14.0. The van der Waals surface area contributed by atoms with Crippen LogP contribution in [0, 0.1) is 25.5 Å². The van der Waals surface area contributed by atoms with E-state index in [1.165, 1.54) is 7.11 Å². The summed E-state index contributed by atoms with van der Waals surface area (Å²) in [4.78, 5) is 0. The first-order chi connectivity index (χ1) is 9.92. The summed E-state index contributed by atoms with van der Waals surface area (Å²) in [5.41, 5.74) is 9.07. The van der Waals surface area contributed by atoms with Crippen LogP contribution in [0.5, 0.6) is 5.75 Å². The summed E-state index contributed by atoms with van der Waals surface area (Å²) in [6.45, 7) is 3.94. The minimum Gasteiger partial charge on any atom is -0.497 e. The van der Waals surface area contributed by atoms with Crippen molar-refractivity contribution in [2.24, 2.45) is 5.73 Å². The van der Waals surface area contributed by atoms with Crippen molar-refractivity contribution in [1.29, 1.82) is 0 Å². The van der Waals surface area contributed by atoms with Crippen LogP contribution in [-0.2, 0) is 6.42 Å². The molecule has 0 fully saturated rings. The summed E-state index contributed by atoms with van der Waals surface area (Å²) < 4.78 is 32.9. The number of ether oxygens (including phenoxy) is 1. The predicted molar refractivity (Wildman–Crippen MR) is 79.5 cm³/mol. The van der Waals surface area contributed by atoms with Gasteiger partial charge in [-0.1, -0.05) is 23.8 Å². The number of hydrogen-bond acceptors (Lipinski definition) is 2. The molecule has 0 radical (unpaired) electrons. The number of benzene rings is 2. The molecule has 0 aliphatic heterocycles. The molecule has 2 N–H and O–H groups in total. The molecule has 1 unspecified atom stereocenters. The van der Waals surface area contributed by atoms with Gasteiger partial charge in [0.1, 0.15) is 17.4 Å². The van der Waals surface area contributed by atoms with Gasteiger partial charge in [-0.25, -0.2) is 8.78 Å². The van der Waals surface area contributed by atoms with E-state index in [4.69, 9.17) is 10.5 Å². The first-order valence-electron chi connectivity index (χ1n) is 6.77. The number of hydrogen-bond donors (Lipinski definition) is 1. The monoisotopic (exact) mass is 291 g/mol. The van der Waals surface area contributed by atoms with Gasteiger partial charge in [-0.15, -0.1) is 0 Å². The van der Waals surface area contributed by atoms with E-state index in [2.05, 4.69) is 0 Å². The number of halogens is 2. The highest BCUT2D eigenvalue weighted by Crippen LogP contribution is 2.27. The van der Waals surface area contributed by atoms with E-state index in [-0.39, 0.29) is 11.3 Å². The van der Waals surface area contributed by atoms with Crippen LogP contribution in [-0.4, -0.2) is 7.11 Å². The Morgan fingerprint density at radius 3 is 2.29 bits per heavy atom. The van der Waals surface area contributed by atoms with Crippen LogP contribution in [0.25, 0.3) is 0 Å². The maximum Gasteiger partial charge on any atom is 0.134 e. The van der Waals surface area contributed by atoms with E-state index in [1.807, 2.05) is 32.0 Å². The Balaban J connectivity index is 2.32. The zero-order chi connectivity index (χ0) is 15.6. The molecular formula is C17H19F2NO. The van der Waals surface area contributed by atoms with Crippen LogP contribution in [0.15, 0.2) is 30.3 Å². The fourth-order valence-electron chi connectivity index (χ4n) is 2.39. The van der Waals surface area contributed by atoms with Gasteiger partial charge in [0.25, 0.3) is 0 Å². The summed E-state index contributed by atoms with van der Waals surface area (Å²) in [5, 5.41) is 0. The van der Waals surface area contributed by atoms with E-state index in [0.717, 1.165) is 28.8 Å². The zero-order valence-corrected chi connectivity index (χ0v) is 12.4. The Bertz CT molecular complexity index is 632. The quantitative estimate of drug-likeness (QED) is 0.929. The van der Waals surface area contributed by atoms with Crippen molar-refractivity contribution < 1.29 is 13.5 Å². The second kappa shape index (κ2) is 6.22. The van der Waals surface area contributed by atoms with Crippen molar-refractivity contribution in [3.63, 3.8) is 0 Å². The minimum atomic E-state index is -0.739. The van der Waals surface area contributed by atoms with Crippen LogP contribution in [0.1, 0.15) is 28.3 Å². The lowest BCUT2D eigenvalue weighted by Crippen LogP contribution is -2.17. The molecule has 2 aromatic rings. The molecule has 0 heterocycles. The summed E-state index contributed by atoms with van der Waals surface area (Å²) in [5.74, 6) is -1.21. The lowest BCUT2D eigenvalue weighted by atomic mass is 9.95. The normalized spacial score (nSPS) is 12.3. The lowest BCUT2D eigenvalue weighted by molar-refractivity contribution is 0.403. The highest BCUT2D eigenvalue weighted by molar-refractivity contribution is 5.36. The van der Waals surface area contributed by atoms with Crippen molar-refractivity contribution in [1.82, 2.24) is 0 Å². The summed E-state index contributed by atoms with van der Waals surface area (Å²) >= 11 is 0. The number of nitrogens with two attached hydrogens (primary N) is 1. The second-order valence-corrected chi connectivity index (χ2v) is 5.25. The van der Waals surface area contributed by atoms with Gasteiger partial charge in [0.2, 0.25) is 0 Å². The second-order valence-electron chi connectivity index (χ2n) is 5.25. The van der Waals surface area contributed by atoms with Gasteiger partial charge in [0.05, 0.1) is 7.11 Å². The SMILES string of the molecule is COc1cc(F)c(C(N)Cc2cc(C)ccc2C)c(F)c1. The fraction of sp³-hybridized carbons (Fsp3) is 0.294. The first-order valence-corrected chi connectivity index (χ1v) is 6.77. The molecular weight excluding hydrogens is 272 g/mol. The average molecular weight is 291 g/mol. The van der Waals surface area contributed by atoms with Crippen molar-refractivity contribution in [2.45, 2.75) is 26.3 Å². The van der Waals surface area contributed by atoms with Crippen molar-refractivity contribution in [3.05, 3.63) is 64.2 Å². The highest BCUT2D eigenvalue weighted by atomic mass is 19.1. The summed E-state index contributed by atoms with van der Waals surface area (Å²) in [7, 11) is 1.37. The van der Waals surface area contributed by atoms with Gasteiger partial charge < -0.3 is 10.5 Å². The molecule has 0 saturated carbocycles. The van der Waals surface area contributed by atoms with Crippen LogP contribution < -0.4 is 10.5 Å². The third-order valence-corrected chi connectivity index (χ3v) is 3.60. The molecule has 21 heavy (non-hydrogen) atoms. The third-order valence-electron chi connectivity index (χ3n) is 3.60. The molecule has 0 aromatic heterocycles. The van der Waals surface area contributed by atoms with E-state index in [0.29, 0.717) is 6.42 Å². The maximum absolute atomic E-state index is 14.0. The zero-order valence-electron chi connectivity index (χ0n) is 12.4. The molecule has 0 amide bonds. The van der Waals surface area contributed by atoms with Gasteiger partial charge in [-0.3, -0.25) is 0 Å². The molecule has 2 aromatic carbocycles. The predicted octanol–water partition coefficient (Wildman–Crippen LogP) is 3.83. The Kier molecular flexibility index (Phi) is 4.58. The topological polar surface area (TPSA) is 35.2 Å². The van der Waals surface area contributed by atoms with E-state index in [1.54, 1.807) is 0 Å². The van der Waals surface area contributed by atoms with Crippen molar-refractivity contribution in [3.8, 4) is 5.75 Å². The van der Waals surface area contributed by atoms with Gasteiger partial charge in [-0.2, -0.15) is 0 Å². The van der Waals surface area contributed by atoms with E-state index >= 15 is 0 Å². The molecule has 1 atom stereocenters. The van der Waals surface area contributed by atoms with Crippen molar-refractivity contribution >= 4 is 0 Å². The molecule has 0 spiro atoms. The Morgan fingerprint density at radius 2 is 1.71 bits per heavy atom. The van der Waals surface area contributed by atoms with E-state index < -0.39 is 17.7 Å². The Hall–Kier alpha value is -1.94. The van der Waals surface area contributed by atoms with Gasteiger partial charge >= 0.3 is 0 Å². The molecule has 0 aliphatic rings. The fourth-order valence-corrected chi connectivity index (χ4v) is 2.39. The average Bonchev–Trinajstić information content (AvgIpc) is 2.42. The van der Waals surface area contributed by atoms with Gasteiger partial charge in [-0.05, 0) is 31.4 Å². The summed E-state index contributed by atoms with van der Waals surface area (Å²) in [6.07, 6.45) is 0.383. The summed E-state index contributed by atoms with van der Waals surface area (Å²) in [6, 6.07) is 7.55. The first kappa shape index (κ1) is 15.4. The largest absolute Gasteiger partial charge is 0.497 e. The van der Waals surface area contributed by atoms with E-state index in [9.17, 15) is 8.78 Å². The number of aryl methyl sites for hydroxylation is 2. The van der Waals surface area contributed by atoms with Crippen LogP contribution in [0.3, 0.4) is 0 Å². The van der Waals surface area contributed by atoms with Gasteiger partial charge in [0.15, 0.2) is 0 Å². The van der Waals surface area contributed by atoms with Crippen LogP contribution in [0.2, 0.25) is 0 Å². The molecule has 0 bridgehead atoms. The van der Waals surface area contributed by atoms with Crippen LogP contribution in [0.4, 0.5) is 8.78 Å². The lowest BCUT2D eigenvalue weighted by Gasteiger charge is -2.16. The Labute approximate surface area is 123 Å². The molecule has 0 aliphatic carbocycles. The Morgan fingerprint density at radius 1 is 1.10 bits per heavy atom. The number of methoxy groups -OCH3 is 1. The minimum absolute atomic E-state index is 0.100. The molecule has 4 heteroatoms. The number of rotatable bonds is 4. The molecule has 2 nitrogen and oxygen atoms in total. The molecule has 112 valence electrons. The standard InChI is InChI=1S/C17H19F2NO/c1-10-4-5-11(2)12(6-10)7-16(20)17-14(18)8-13(21-3)9-15(17)19/h4-6,8-9,16H,7,20H2,1-3H3. The smallest absolute Gasteiger partial charge is 0.134 e. The van der Waals surface area contributed by atoms with Crippen LogP contribution >= 0.6 is 0 Å².